The molecule has 0 aliphatic carbocycles. The van der Waals surface area contributed by atoms with Crippen molar-refractivity contribution in [1.29, 1.82) is 0 Å². The van der Waals surface area contributed by atoms with Crippen molar-refractivity contribution in [1.82, 2.24) is 4.90 Å². The Labute approximate surface area is 116 Å². The van der Waals surface area contributed by atoms with E-state index >= 15 is 0 Å². The fourth-order valence-corrected chi connectivity index (χ4v) is 2.09. The number of ether oxygens (including phenoxy) is 2. The quantitative estimate of drug-likeness (QED) is 0.807. The third kappa shape index (κ3) is 2.75. The third-order valence-electron chi connectivity index (χ3n) is 3.32. The van der Waals surface area contributed by atoms with Crippen LogP contribution >= 0.6 is 0 Å². The highest BCUT2D eigenvalue weighted by atomic mass is 16.5. The molecule has 0 saturated carbocycles. The van der Waals surface area contributed by atoms with Gasteiger partial charge >= 0.3 is 5.97 Å². The molecule has 20 heavy (non-hydrogen) atoms. The van der Waals surface area contributed by atoms with Gasteiger partial charge in [0.2, 0.25) is 0 Å². The number of methoxy groups -OCH3 is 1. The standard InChI is InChI=1S/C14H17NO5/c1-9-3-4-10(7-12(9)16)13(17)15-5-6-20-8-11(15)14(18)19-2/h3-4,7,11,16H,5-6,8H2,1-2H3/t11-/m1/s1. The lowest BCUT2D eigenvalue weighted by molar-refractivity contribution is -0.151. The zero-order valence-corrected chi connectivity index (χ0v) is 11.5. The number of aromatic hydroxyl groups is 1. The van der Waals surface area contributed by atoms with Gasteiger partial charge in [0.05, 0.1) is 20.3 Å². The highest BCUT2D eigenvalue weighted by molar-refractivity contribution is 5.97. The van der Waals surface area contributed by atoms with E-state index in [4.69, 9.17) is 4.74 Å². The van der Waals surface area contributed by atoms with Crippen LogP contribution < -0.4 is 0 Å². The van der Waals surface area contributed by atoms with Crippen molar-refractivity contribution >= 4 is 11.9 Å². The number of aryl methyl sites for hydroxylation is 1. The average Bonchev–Trinajstić information content (AvgIpc) is 2.48. The van der Waals surface area contributed by atoms with E-state index in [9.17, 15) is 14.7 Å². The molecule has 0 bridgehead atoms. The van der Waals surface area contributed by atoms with Gasteiger partial charge in [-0.3, -0.25) is 4.79 Å². The molecule has 1 atom stereocenters. The molecule has 2 rings (SSSR count). The molecule has 0 aromatic heterocycles. The molecular weight excluding hydrogens is 262 g/mol. The van der Waals surface area contributed by atoms with E-state index in [0.717, 1.165) is 0 Å². The Balaban J connectivity index is 2.25. The fraction of sp³-hybridized carbons (Fsp3) is 0.429. The largest absolute Gasteiger partial charge is 0.508 e. The molecule has 1 aromatic carbocycles. The summed E-state index contributed by atoms with van der Waals surface area (Å²) in [7, 11) is 1.28. The Morgan fingerprint density at radius 1 is 1.45 bits per heavy atom. The number of esters is 1. The Morgan fingerprint density at radius 3 is 2.85 bits per heavy atom. The van der Waals surface area contributed by atoms with Gasteiger partial charge in [-0.2, -0.15) is 0 Å². The lowest BCUT2D eigenvalue weighted by atomic mass is 10.1. The second-order valence-corrected chi connectivity index (χ2v) is 4.61. The van der Waals surface area contributed by atoms with Crippen molar-refractivity contribution in [3.05, 3.63) is 29.3 Å². The van der Waals surface area contributed by atoms with E-state index in [1.54, 1.807) is 19.1 Å². The molecule has 0 radical (unpaired) electrons. The zero-order valence-electron chi connectivity index (χ0n) is 11.5. The second-order valence-electron chi connectivity index (χ2n) is 4.61. The Bertz CT molecular complexity index is 528. The maximum atomic E-state index is 12.4. The summed E-state index contributed by atoms with van der Waals surface area (Å²) in [6, 6.07) is 3.95. The minimum Gasteiger partial charge on any atom is -0.508 e. The van der Waals surface area contributed by atoms with Crippen LogP contribution in [0.5, 0.6) is 5.75 Å². The number of phenols is 1. The number of hydrogen-bond acceptors (Lipinski definition) is 5. The van der Waals surface area contributed by atoms with E-state index in [2.05, 4.69) is 4.74 Å². The smallest absolute Gasteiger partial charge is 0.331 e. The second kappa shape index (κ2) is 5.92. The molecule has 1 aliphatic rings. The Hall–Kier alpha value is -2.08. The Morgan fingerprint density at radius 2 is 2.20 bits per heavy atom. The summed E-state index contributed by atoms with van der Waals surface area (Å²) in [5.74, 6) is -0.771. The first kappa shape index (κ1) is 14.3. The van der Waals surface area contributed by atoms with Crippen LogP contribution in [0.25, 0.3) is 0 Å². The fourth-order valence-electron chi connectivity index (χ4n) is 2.09. The van der Waals surface area contributed by atoms with Crippen LogP contribution in [-0.2, 0) is 14.3 Å². The monoisotopic (exact) mass is 279 g/mol. The molecule has 0 spiro atoms. The number of rotatable bonds is 2. The van der Waals surface area contributed by atoms with Gasteiger partial charge < -0.3 is 19.5 Å². The first-order valence-corrected chi connectivity index (χ1v) is 6.30. The van der Waals surface area contributed by atoms with Gasteiger partial charge in [0, 0.05) is 12.1 Å². The maximum Gasteiger partial charge on any atom is 0.331 e. The summed E-state index contributed by atoms with van der Waals surface area (Å²) in [5, 5.41) is 9.68. The predicted molar refractivity (Wildman–Crippen MR) is 70.5 cm³/mol. The number of carbonyl (C=O) groups excluding carboxylic acids is 2. The summed E-state index contributed by atoms with van der Waals surface area (Å²) < 4.78 is 9.91. The molecule has 1 fully saturated rings. The number of phenolic OH excluding ortho intramolecular Hbond substituents is 1. The van der Waals surface area contributed by atoms with Crippen LogP contribution in [0.2, 0.25) is 0 Å². The van der Waals surface area contributed by atoms with E-state index in [0.29, 0.717) is 24.3 Å². The zero-order chi connectivity index (χ0) is 14.7. The van der Waals surface area contributed by atoms with Gasteiger partial charge in [-0.05, 0) is 24.6 Å². The van der Waals surface area contributed by atoms with Crippen LogP contribution in [0.15, 0.2) is 18.2 Å². The lowest BCUT2D eigenvalue weighted by Crippen LogP contribution is -2.53. The van der Waals surface area contributed by atoms with Crippen molar-refractivity contribution in [2.24, 2.45) is 0 Å². The van der Waals surface area contributed by atoms with Crippen LogP contribution in [0.1, 0.15) is 15.9 Å². The molecule has 6 heteroatoms. The van der Waals surface area contributed by atoms with Crippen molar-refractivity contribution in [3.63, 3.8) is 0 Å². The van der Waals surface area contributed by atoms with E-state index in [1.165, 1.54) is 18.1 Å². The minimum absolute atomic E-state index is 0.0544. The summed E-state index contributed by atoms with van der Waals surface area (Å²) in [5.41, 5.74) is 1.02. The highest BCUT2D eigenvalue weighted by Gasteiger charge is 2.34. The number of carbonyl (C=O) groups is 2. The molecule has 1 aliphatic heterocycles. The number of hydrogen-bond donors (Lipinski definition) is 1. The molecule has 1 aromatic rings. The normalized spacial score (nSPS) is 18.7. The van der Waals surface area contributed by atoms with Crippen LogP contribution in [0.3, 0.4) is 0 Å². The maximum absolute atomic E-state index is 12.4. The molecule has 0 unspecified atom stereocenters. The molecule has 1 N–H and O–H groups in total. The average molecular weight is 279 g/mol. The number of benzene rings is 1. The van der Waals surface area contributed by atoms with E-state index < -0.39 is 12.0 Å². The summed E-state index contributed by atoms with van der Waals surface area (Å²) in [6.45, 7) is 2.55. The van der Waals surface area contributed by atoms with Crippen molar-refractivity contribution in [2.75, 3.05) is 26.9 Å². The minimum atomic E-state index is -0.746. The van der Waals surface area contributed by atoms with Crippen molar-refractivity contribution in [2.45, 2.75) is 13.0 Å². The Kier molecular flexibility index (Phi) is 4.24. The third-order valence-corrected chi connectivity index (χ3v) is 3.32. The first-order valence-electron chi connectivity index (χ1n) is 6.30. The van der Waals surface area contributed by atoms with Gasteiger partial charge in [0.25, 0.3) is 5.91 Å². The SMILES string of the molecule is COC(=O)[C@H]1COCCN1C(=O)c1ccc(C)c(O)c1. The van der Waals surface area contributed by atoms with Gasteiger partial charge in [0.1, 0.15) is 5.75 Å². The van der Waals surface area contributed by atoms with Crippen LogP contribution in [0.4, 0.5) is 0 Å². The molecule has 108 valence electrons. The highest BCUT2D eigenvalue weighted by Crippen LogP contribution is 2.20. The molecule has 1 amide bonds. The summed E-state index contributed by atoms with van der Waals surface area (Å²) in [4.78, 5) is 25.6. The van der Waals surface area contributed by atoms with Crippen LogP contribution in [-0.4, -0.2) is 54.8 Å². The van der Waals surface area contributed by atoms with E-state index in [1.807, 2.05) is 0 Å². The van der Waals surface area contributed by atoms with Gasteiger partial charge in [-0.15, -0.1) is 0 Å². The summed E-state index contributed by atoms with van der Waals surface area (Å²) in [6.07, 6.45) is 0. The predicted octanol–water partition coefficient (Wildman–Crippen LogP) is 0.715. The van der Waals surface area contributed by atoms with Gasteiger partial charge in [0.15, 0.2) is 6.04 Å². The number of amides is 1. The van der Waals surface area contributed by atoms with Gasteiger partial charge in [-0.25, -0.2) is 4.79 Å². The molecule has 1 heterocycles. The van der Waals surface area contributed by atoms with E-state index in [-0.39, 0.29) is 18.3 Å². The van der Waals surface area contributed by atoms with Crippen LogP contribution in [0, 0.1) is 6.92 Å². The van der Waals surface area contributed by atoms with Crippen molar-refractivity contribution < 1.29 is 24.2 Å². The molecular formula is C14H17NO5. The topological polar surface area (TPSA) is 76.1 Å². The molecule has 6 nitrogen and oxygen atoms in total. The van der Waals surface area contributed by atoms with Gasteiger partial charge in [-0.1, -0.05) is 6.07 Å². The first-order chi connectivity index (χ1) is 9.54. The number of morpholine rings is 1. The lowest BCUT2D eigenvalue weighted by Gasteiger charge is -2.33. The molecule has 1 saturated heterocycles. The van der Waals surface area contributed by atoms with Crippen molar-refractivity contribution in [3.8, 4) is 5.75 Å². The number of nitrogens with zero attached hydrogens (tertiary/aromatic N) is 1. The summed E-state index contributed by atoms with van der Waals surface area (Å²) >= 11 is 0.